The number of hydrogen-bond donors (Lipinski definition) is 1. The molecule has 0 aliphatic carbocycles. The monoisotopic (exact) mass is 277 g/mol. The molecule has 0 bridgehead atoms. The summed E-state index contributed by atoms with van der Waals surface area (Å²) in [5.74, 6) is 0.728. The average Bonchev–Trinajstić information content (AvgIpc) is 3.01. The van der Waals surface area contributed by atoms with E-state index in [-0.39, 0.29) is 24.0 Å². The van der Waals surface area contributed by atoms with Crippen LogP contribution in [0.25, 0.3) is 11.0 Å². The molecule has 0 amide bonds. The maximum Gasteiger partial charge on any atom is 0.127 e. The van der Waals surface area contributed by atoms with Crippen LogP contribution in [0.3, 0.4) is 0 Å². The number of ether oxygens (including phenoxy) is 1. The van der Waals surface area contributed by atoms with Gasteiger partial charge in [0.2, 0.25) is 0 Å². The Bertz CT molecular complexity index is 623. The highest BCUT2D eigenvalue weighted by molar-refractivity contribution is 5.76. The molecule has 1 saturated heterocycles. The molecule has 20 heavy (non-hydrogen) atoms. The van der Waals surface area contributed by atoms with Crippen molar-refractivity contribution < 1.29 is 9.13 Å². The third kappa shape index (κ3) is 2.21. The van der Waals surface area contributed by atoms with Crippen molar-refractivity contribution in [2.24, 2.45) is 0 Å². The maximum absolute atomic E-state index is 13.4. The van der Waals surface area contributed by atoms with Crippen LogP contribution in [0, 0.1) is 5.82 Å². The Morgan fingerprint density at radius 1 is 1.45 bits per heavy atom. The molecule has 1 aliphatic heterocycles. The van der Waals surface area contributed by atoms with Gasteiger partial charge in [-0.15, -0.1) is 0 Å². The van der Waals surface area contributed by atoms with Crippen molar-refractivity contribution in [2.75, 3.05) is 13.7 Å². The second-order valence-corrected chi connectivity index (χ2v) is 5.62. The van der Waals surface area contributed by atoms with E-state index in [0.717, 1.165) is 29.8 Å². The van der Waals surface area contributed by atoms with Crippen LogP contribution in [0.5, 0.6) is 0 Å². The Morgan fingerprint density at radius 2 is 2.25 bits per heavy atom. The Labute approximate surface area is 117 Å². The van der Waals surface area contributed by atoms with E-state index in [2.05, 4.69) is 28.7 Å². The van der Waals surface area contributed by atoms with Gasteiger partial charge in [0.05, 0.1) is 23.2 Å². The summed E-state index contributed by atoms with van der Waals surface area (Å²) in [5, 5.41) is 3.44. The number of nitrogens with one attached hydrogen (secondary N) is 1. The van der Waals surface area contributed by atoms with E-state index < -0.39 is 0 Å². The quantitative estimate of drug-likeness (QED) is 0.937. The molecule has 3 rings (SSSR count). The molecule has 0 saturated carbocycles. The molecule has 4 nitrogen and oxygen atoms in total. The normalized spacial score (nSPS) is 23.1. The van der Waals surface area contributed by atoms with Gasteiger partial charge in [-0.05, 0) is 32.4 Å². The minimum absolute atomic E-state index is 0.165. The van der Waals surface area contributed by atoms with Crippen LogP contribution in [0.2, 0.25) is 0 Å². The van der Waals surface area contributed by atoms with Crippen LogP contribution in [0.1, 0.15) is 38.2 Å². The maximum atomic E-state index is 13.4. The molecule has 1 aliphatic rings. The summed E-state index contributed by atoms with van der Waals surface area (Å²) in [6.07, 6.45) is 1.12. The van der Waals surface area contributed by atoms with Crippen LogP contribution >= 0.6 is 0 Å². The molecular weight excluding hydrogens is 257 g/mol. The molecule has 1 fully saturated rings. The highest BCUT2D eigenvalue weighted by Gasteiger charge is 2.29. The fourth-order valence-corrected chi connectivity index (χ4v) is 2.96. The van der Waals surface area contributed by atoms with Gasteiger partial charge in [-0.2, -0.15) is 0 Å². The van der Waals surface area contributed by atoms with Gasteiger partial charge in [0.15, 0.2) is 0 Å². The first kappa shape index (κ1) is 13.5. The molecular formula is C15H20FN3O. The van der Waals surface area contributed by atoms with E-state index in [1.54, 1.807) is 7.11 Å². The van der Waals surface area contributed by atoms with Crippen molar-refractivity contribution in [2.45, 2.75) is 38.5 Å². The molecule has 108 valence electrons. The van der Waals surface area contributed by atoms with Crippen LogP contribution in [-0.4, -0.2) is 29.3 Å². The molecule has 0 radical (unpaired) electrons. The number of hydrogen-bond acceptors (Lipinski definition) is 3. The summed E-state index contributed by atoms with van der Waals surface area (Å²) in [4.78, 5) is 4.65. The van der Waals surface area contributed by atoms with Crippen LogP contribution in [-0.2, 0) is 4.74 Å². The number of methoxy groups -OCH3 is 1. The van der Waals surface area contributed by atoms with Gasteiger partial charge in [-0.25, -0.2) is 9.37 Å². The lowest BCUT2D eigenvalue weighted by Crippen LogP contribution is -2.19. The predicted molar refractivity (Wildman–Crippen MR) is 76.2 cm³/mol. The highest BCUT2D eigenvalue weighted by Crippen LogP contribution is 2.30. The molecule has 2 atom stereocenters. The zero-order valence-electron chi connectivity index (χ0n) is 12.1. The van der Waals surface area contributed by atoms with Crippen molar-refractivity contribution >= 4 is 11.0 Å². The number of fused-ring (bicyclic) bond motifs is 1. The minimum Gasteiger partial charge on any atom is -0.380 e. The van der Waals surface area contributed by atoms with Gasteiger partial charge in [-0.1, -0.05) is 0 Å². The van der Waals surface area contributed by atoms with Gasteiger partial charge in [0.25, 0.3) is 0 Å². The fraction of sp³-hybridized carbons (Fsp3) is 0.533. The fourth-order valence-electron chi connectivity index (χ4n) is 2.96. The summed E-state index contributed by atoms with van der Waals surface area (Å²) in [6, 6.07) is 5.25. The minimum atomic E-state index is -0.244. The second kappa shape index (κ2) is 5.14. The summed E-state index contributed by atoms with van der Waals surface area (Å²) in [7, 11) is 1.73. The van der Waals surface area contributed by atoms with Crippen molar-refractivity contribution in [3.8, 4) is 0 Å². The van der Waals surface area contributed by atoms with Gasteiger partial charge in [-0.3, -0.25) is 0 Å². The number of nitrogens with zero attached hydrogens (tertiary/aromatic N) is 2. The van der Waals surface area contributed by atoms with E-state index in [1.165, 1.54) is 12.1 Å². The standard InChI is InChI=1S/C15H20FN3O/c1-9(2)19-14-5-4-10(16)6-12(14)18-15(19)13-7-11(20-3)8-17-13/h4-6,9,11,13,17H,7-8H2,1-3H3. The largest absolute Gasteiger partial charge is 0.380 e. The molecule has 1 aromatic heterocycles. The Morgan fingerprint density at radius 3 is 2.90 bits per heavy atom. The lowest BCUT2D eigenvalue weighted by Gasteiger charge is -2.17. The number of benzene rings is 1. The lowest BCUT2D eigenvalue weighted by molar-refractivity contribution is 0.117. The molecule has 5 heteroatoms. The first-order valence-corrected chi connectivity index (χ1v) is 7.03. The Kier molecular flexibility index (Phi) is 3.48. The van der Waals surface area contributed by atoms with Crippen LogP contribution in [0.15, 0.2) is 18.2 Å². The van der Waals surface area contributed by atoms with E-state index in [4.69, 9.17) is 4.74 Å². The van der Waals surface area contributed by atoms with Gasteiger partial charge < -0.3 is 14.6 Å². The SMILES string of the molecule is COC1CNC(c2nc3cc(F)ccc3n2C(C)C)C1. The van der Waals surface area contributed by atoms with E-state index in [9.17, 15) is 4.39 Å². The number of halogens is 1. The molecule has 1 N–H and O–H groups in total. The molecule has 2 aromatic rings. The number of rotatable bonds is 3. The summed E-state index contributed by atoms with van der Waals surface area (Å²) < 4.78 is 21.0. The second-order valence-electron chi connectivity index (χ2n) is 5.62. The topological polar surface area (TPSA) is 39.1 Å². The van der Waals surface area contributed by atoms with Gasteiger partial charge >= 0.3 is 0 Å². The molecule has 2 heterocycles. The highest BCUT2D eigenvalue weighted by atomic mass is 19.1. The molecule has 0 spiro atoms. The predicted octanol–water partition coefficient (Wildman–Crippen LogP) is 2.81. The number of aromatic nitrogens is 2. The van der Waals surface area contributed by atoms with Gasteiger partial charge in [0, 0.05) is 25.8 Å². The van der Waals surface area contributed by atoms with Crippen LogP contribution in [0.4, 0.5) is 4.39 Å². The van der Waals surface area contributed by atoms with Crippen molar-refractivity contribution in [1.82, 2.24) is 14.9 Å². The van der Waals surface area contributed by atoms with E-state index in [1.807, 2.05) is 6.07 Å². The lowest BCUT2D eigenvalue weighted by atomic mass is 10.2. The average molecular weight is 277 g/mol. The smallest absolute Gasteiger partial charge is 0.127 e. The van der Waals surface area contributed by atoms with E-state index in [0.29, 0.717) is 0 Å². The van der Waals surface area contributed by atoms with Gasteiger partial charge in [0.1, 0.15) is 11.6 Å². The first-order chi connectivity index (χ1) is 9.60. The van der Waals surface area contributed by atoms with Crippen molar-refractivity contribution in [3.63, 3.8) is 0 Å². The van der Waals surface area contributed by atoms with Crippen molar-refractivity contribution in [3.05, 3.63) is 29.8 Å². The first-order valence-electron chi connectivity index (χ1n) is 7.03. The van der Waals surface area contributed by atoms with Crippen molar-refractivity contribution in [1.29, 1.82) is 0 Å². The zero-order chi connectivity index (χ0) is 14.3. The third-order valence-corrected chi connectivity index (χ3v) is 3.93. The summed E-state index contributed by atoms with van der Waals surface area (Å²) in [5.41, 5.74) is 1.70. The third-order valence-electron chi connectivity index (χ3n) is 3.93. The summed E-state index contributed by atoms with van der Waals surface area (Å²) in [6.45, 7) is 5.07. The molecule has 2 unspecified atom stereocenters. The Hall–Kier alpha value is -1.46. The van der Waals surface area contributed by atoms with Crippen LogP contribution < -0.4 is 5.32 Å². The number of imidazole rings is 1. The molecule has 1 aromatic carbocycles. The summed E-state index contributed by atoms with van der Waals surface area (Å²) >= 11 is 0. The van der Waals surface area contributed by atoms with E-state index >= 15 is 0 Å². The Balaban J connectivity index is 2.07. The zero-order valence-corrected chi connectivity index (χ0v) is 12.1.